The molecule has 0 aromatic carbocycles. The van der Waals surface area contributed by atoms with E-state index >= 15 is 0 Å². The highest BCUT2D eigenvalue weighted by Gasteiger charge is 2.14. The fraction of sp³-hybridized carbons (Fsp3) is 0.267. The molecule has 0 atom stereocenters. The van der Waals surface area contributed by atoms with E-state index in [4.69, 9.17) is 11.1 Å². The van der Waals surface area contributed by atoms with Crippen LogP contribution in [-0.4, -0.2) is 26.5 Å². The molecule has 0 radical (unpaired) electrons. The fourth-order valence-corrected chi connectivity index (χ4v) is 2.36. The second kappa shape index (κ2) is 6.65. The zero-order chi connectivity index (χ0) is 16.3. The van der Waals surface area contributed by atoms with Gasteiger partial charge in [0, 0.05) is 23.4 Å². The highest BCUT2D eigenvalue weighted by atomic mass is 32.2. The van der Waals surface area contributed by atoms with Gasteiger partial charge in [0.25, 0.3) is 0 Å². The molecule has 22 heavy (non-hydrogen) atoms. The van der Waals surface area contributed by atoms with E-state index in [1.807, 2.05) is 23.8 Å². The summed E-state index contributed by atoms with van der Waals surface area (Å²) in [5.41, 5.74) is 9.77. The molecular formula is C15H20N6S. The molecular weight excluding hydrogens is 296 g/mol. The Kier molecular flexibility index (Phi) is 4.87. The molecule has 0 saturated carbocycles. The predicted octanol–water partition coefficient (Wildman–Crippen LogP) is 2.60. The van der Waals surface area contributed by atoms with Crippen molar-refractivity contribution in [3.8, 4) is 11.3 Å². The maximum Gasteiger partial charge on any atom is 0.144 e. The molecule has 2 rings (SSSR count). The summed E-state index contributed by atoms with van der Waals surface area (Å²) in [6.07, 6.45) is 5.24. The molecule has 0 spiro atoms. The van der Waals surface area contributed by atoms with Gasteiger partial charge >= 0.3 is 0 Å². The lowest BCUT2D eigenvalue weighted by Gasteiger charge is -2.16. The van der Waals surface area contributed by atoms with Crippen molar-refractivity contribution in [3.05, 3.63) is 41.2 Å². The Labute approximate surface area is 133 Å². The topological polar surface area (TPSA) is 95.8 Å². The number of rotatable bonds is 5. The average molecular weight is 316 g/mol. The number of hydrogen-bond acceptors (Lipinski definition) is 5. The van der Waals surface area contributed by atoms with Crippen LogP contribution in [0.25, 0.3) is 11.3 Å². The van der Waals surface area contributed by atoms with Crippen LogP contribution >= 0.6 is 11.8 Å². The van der Waals surface area contributed by atoms with Gasteiger partial charge in [0.15, 0.2) is 0 Å². The van der Waals surface area contributed by atoms with Gasteiger partial charge in [-0.1, -0.05) is 6.58 Å². The normalized spacial score (nSPS) is 11.7. The largest absolute Gasteiger partial charge is 0.384 e. The molecule has 116 valence electrons. The number of H-pyrrole nitrogens is 1. The molecule has 0 amide bonds. The second-order valence-corrected chi connectivity index (χ2v) is 5.60. The van der Waals surface area contributed by atoms with Crippen molar-refractivity contribution in [1.29, 1.82) is 5.41 Å². The van der Waals surface area contributed by atoms with Crippen LogP contribution in [-0.2, 0) is 6.54 Å². The summed E-state index contributed by atoms with van der Waals surface area (Å²) in [6.45, 7) is 8.29. The van der Waals surface area contributed by atoms with Crippen molar-refractivity contribution in [2.24, 2.45) is 4.99 Å². The summed E-state index contributed by atoms with van der Waals surface area (Å²) in [5.74, 6) is 0.587. The molecule has 7 heteroatoms. The number of nitrogens with zero attached hydrogens (tertiary/aromatic N) is 3. The molecule has 0 saturated heterocycles. The summed E-state index contributed by atoms with van der Waals surface area (Å²) in [4.78, 5) is 11.6. The van der Waals surface area contributed by atoms with Gasteiger partial charge in [0.2, 0.25) is 0 Å². The molecule has 2 heterocycles. The van der Waals surface area contributed by atoms with Crippen molar-refractivity contribution in [2.75, 3.05) is 12.0 Å². The molecule has 2 aromatic rings. The summed E-state index contributed by atoms with van der Waals surface area (Å²) in [7, 11) is 0. The van der Waals surface area contributed by atoms with E-state index < -0.39 is 0 Å². The molecule has 0 unspecified atom stereocenters. The maximum atomic E-state index is 8.07. The quantitative estimate of drug-likeness (QED) is 0.740. The van der Waals surface area contributed by atoms with Crippen LogP contribution in [0, 0.1) is 5.41 Å². The van der Waals surface area contributed by atoms with Crippen LogP contribution in [0.4, 0.5) is 5.82 Å². The standard InChI is InChI=1S/C15H20N6S/c1-5-21-14(17)12(13-7-18-8-19-13)6-11(9(2)16)15(21)20-10(3)22-4/h6-8,16H,3,5,17H2,1-2,4H3,(H,18,19). The number of thioether (sulfide) groups is 1. The summed E-state index contributed by atoms with van der Waals surface area (Å²) in [6, 6.07) is 1.88. The number of pyridine rings is 1. The lowest BCUT2D eigenvalue weighted by molar-refractivity contribution is 0.722. The number of imidazole rings is 1. The third kappa shape index (κ3) is 2.99. The minimum atomic E-state index is 0.426. The molecule has 0 aliphatic heterocycles. The first kappa shape index (κ1) is 16.1. The third-order valence-electron chi connectivity index (χ3n) is 3.33. The molecule has 2 aromatic heterocycles. The van der Waals surface area contributed by atoms with E-state index in [0.717, 1.165) is 16.8 Å². The van der Waals surface area contributed by atoms with Crippen LogP contribution in [0.15, 0.2) is 35.2 Å². The van der Waals surface area contributed by atoms with E-state index in [9.17, 15) is 0 Å². The lowest BCUT2D eigenvalue weighted by Crippen LogP contribution is -2.29. The fourth-order valence-electron chi connectivity index (χ4n) is 2.19. The number of nitrogens with two attached hydrogens (primary N) is 1. The van der Waals surface area contributed by atoms with Crippen LogP contribution in [0.5, 0.6) is 0 Å². The number of anilines is 1. The van der Waals surface area contributed by atoms with E-state index in [2.05, 4.69) is 21.5 Å². The molecule has 6 nitrogen and oxygen atoms in total. The smallest absolute Gasteiger partial charge is 0.144 e. The van der Waals surface area contributed by atoms with Gasteiger partial charge in [0.05, 0.1) is 23.2 Å². The number of hydrogen-bond donors (Lipinski definition) is 3. The van der Waals surface area contributed by atoms with Gasteiger partial charge in [0.1, 0.15) is 11.3 Å². The minimum Gasteiger partial charge on any atom is -0.384 e. The Morgan fingerprint density at radius 3 is 2.82 bits per heavy atom. The van der Waals surface area contributed by atoms with Gasteiger partial charge in [-0.25, -0.2) is 9.98 Å². The van der Waals surface area contributed by atoms with Gasteiger partial charge < -0.3 is 20.7 Å². The van der Waals surface area contributed by atoms with Gasteiger partial charge in [-0.15, -0.1) is 11.8 Å². The molecule has 0 aliphatic rings. The van der Waals surface area contributed by atoms with Gasteiger partial charge in [-0.05, 0) is 26.2 Å². The number of nitrogen functional groups attached to an aromatic ring is 1. The Balaban J connectivity index is 2.85. The van der Waals surface area contributed by atoms with Crippen LogP contribution in [0.3, 0.4) is 0 Å². The highest BCUT2D eigenvalue weighted by molar-refractivity contribution is 8.02. The number of nitrogens with one attached hydrogen (secondary N) is 2. The van der Waals surface area contributed by atoms with Crippen LogP contribution in [0.1, 0.15) is 19.4 Å². The molecule has 0 fully saturated rings. The average Bonchev–Trinajstić information content (AvgIpc) is 3.01. The Bertz CT molecular complexity index is 770. The van der Waals surface area contributed by atoms with E-state index in [1.54, 1.807) is 19.4 Å². The van der Waals surface area contributed by atoms with Crippen molar-refractivity contribution in [2.45, 2.75) is 20.4 Å². The van der Waals surface area contributed by atoms with Crippen LogP contribution < -0.4 is 11.2 Å². The summed E-state index contributed by atoms with van der Waals surface area (Å²) < 4.78 is 1.89. The summed E-state index contributed by atoms with van der Waals surface area (Å²) in [5, 5.41) is 8.74. The molecule has 4 N–H and O–H groups in total. The van der Waals surface area contributed by atoms with Crippen molar-refractivity contribution in [3.63, 3.8) is 0 Å². The second-order valence-electron chi connectivity index (χ2n) is 4.72. The molecule has 0 aliphatic carbocycles. The van der Waals surface area contributed by atoms with Gasteiger partial charge in [-0.3, -0.25) is 0 Å². The first-order chi connectivity index (χ1) is 10.5. The van der Waals surface area contributed by atoms with Crippen molar-refractivity contribution >= 4 is 23.3 Å². The number of aromatic amines is 1. The SMILES string of the molecule is C=C(N=c1c(C(C)=N)cc(-c2cnc[nH]2)c(N)n1CC)SC. The zero-order valence-corrected chi connectivity index (χ0v) is 13.8. The van der Waals surface area contributed by atoms with E-state index in [1.165, 1.54) is 11.8 Å². The third-order valence-corrected chi connectivity index (χ3v) is 3.89. The first-order valence-corrected chi connectivity index (χ1v) is 8.07. The highest BCUT2D eigenvalue weighted by Crippen LogP contribution is 2.24. The predicted molar refractivity (Wildman–Crippen MR) is 92.8 cm³/mol. The zero-order valence-electron chi connectivity index (χ0n) is 13.0. The van der Waals surface area contributed by atoms with Gasteiger partial charge in [-0.2, -0.15) is 0 Å². The van der Waals surface area contributed by atoms with Crippen molar-refractivity contribution in [1.82, 2.24) is 14.5 Å². The van der Waals surface area contributed by atoms with E-state index in [-0.39, 0.29) is 0 Å². The lowest BCUT2D eigenvalue weighted by atomic mass is 10.1. The Morgan fingerprint density at radius 2 is 2.32 bits per heavy atom. The maximum absolute atomic E-state index is 8.07. The monoisotopic (exact) mass is 316 g/mol. The number of aromatic nitrogens is 3. The first-order valence-electron chi connectivity index (χ1n) is 6.84. The van der Waals surface area contributed by atoms with E-state index in [0.29, 0.717) is 28.6 Å². The molecule has 0 bridgehead atoms. The Morgan fingerprint density at radius 1 is 1.59 bits per heavy atom. The minimum absolute atomic E-state index is 0.426. The van der Waals surface area contributed by atoms with Crippen molar-refractivity contribution < 1.29 is 0 Å². The van der Waals surface area contributed by atoms with Crippen LogP contribution in [0.2, 0.25) is 0 Å². The Hall–Kier alpha value is -2.28. The summed E-state index contributed by atoms with van der Waals surface area (Å²) >= 11 is 1.47.